The maximum absolute atomic E-state index is 13.3. The highest BCUT2D eigenvalue weighted by Gasteiger charge is 2.44. The van der Waals surface area contributed by atoms with Crippen LogP contribution in [-0.2, 0) is 12.4 Å². The summed E-state index contributed by atoms with van der Waals surface area (Å²) in [5.41, 5.74) is -3.93. The van der Waals surface area contributed by atoms with Crippen LogP contribution in [-0.4, -0.2) is 9.97 Å². The molecule has 1 heterocycles. The zero-order chi connectivity index (χ0) is 21.8. The Morgan fingerprint density at radius 3 is 1.83 bits per heavy atom. The standard InChI is InChI=1S/C20H6F6N4/c1-28-15(8-27)16-9-4-2-3-5-10(9)17-18(16)30-14-7-12(20(24,25)26)11(19(21,22)23)6-13(14)29-17/h2-7H/b16-15+. The molecule has 0 saturated carbocycles. The Hall–Kier alpha value is -3.92. The molecule has 0 amide bonds. The van der Waals surface area contributed by atoms with E-state index in [1.165, 1.54) is 0 Å². The number of hydrogen-bond donors (Lipinski definition) is 0. The van der Waals surface area contributed by atoms with Crippen molar-refractivity contribution >= 4 is 16.6 Å². The van der Waals surface area contributed by atoms with Crippen molar-refractivity contribution in [2.75, 3.05) is 0 Å². The molecule has 1 aliphatic carbocycles. The molecule has 30 heavy (non-hydrogen) atoms. The van der Waals surface area contributed by atoms with E-state index in [4.69, 9.17) is 6.57 Å². The predicted molar refractivity (Wildman–Crippen MR) is 93.2 cm³/mol. The highest BCUT2D eigenvalue weighted by Crippen LogP contribution is 2.46. The molecule has 0 saturated heterocycles. The number of fused-ring (bicyclic) bond motifs is 4. The van der Waals surface area contributed by atoms with Crippen LogP contribution >= 0.6 is 0 Å². The number of hydrogen-bond acceptors (Lipinski definition) is 3. The Morgan fingerprint density at radius 1 is 0.867 bits per heavy atom. The average molecular weight is 416 g/mol. The van der Waals surface area contributed by atoms with Gasteiger partial charge in [-0.25, -0.2) is 20.1 Å². The molecule has 1 aliphatic rings. The van der Waals surface area contributed by atoms with E-state index in [1.54, 1.807) is 30.3 Å². The lowest BCUT2D eigenvalue weighted by Gasteiger charge is -2.16. The van der Waals surface area contributed by atoms with Gasteiger partial charge in [0.2, 0.25) is 0 Å². The molecule has 148 valence electrons. The Balaban J connectivity index is 2.13. The summed E-state index contributed by atoms with van der Waals surface area (Å²) in [6.45, 7) is 7.21. The number of halogens is 6. The Kier molecular flexibility index (Phi) is 4.07. The third-order valence-electron chi connectivity index (χ3n) is 4.56. The molecule has 0 unspecified atom stereocenters. The minimum absolute atomic E-state index is 0.0240. The van der Waals surface area contributed by atoms with Crippen LogP contribution in [0.2, 0.25) is 0 Å². The van der Waals surface area contributed by atoms with E-state index in [2.05, 4.69) is 14.8 Å². The summed E-state index contributed by atoms with van der Waals surface area (Å²) in [7, 11) is 0. The van der Waals surface area contributed by atoms with Gasteiger partial charge in [0, 0.05) is 11.1 Å². The van der Waals surface area contributed by atoms with Crippen LogP contribution < -0.4 is 0 Å². The molecule has 0 spiro atoms. The summed E-state index contributed by atoms with van der Waals surface area (Å²) in [6, 6.07) is 8.71. The molecule has 2 aromatic carbocycles. The molecular formula is C20H6F6N4. The quantitative estimate of drug-likeness (QED) is 0.205. The largest absolute Gasteiger partial charge is 0.417 e. The van der Waals surface area contributed by atoms with Crippen molar-refractivity contribution < 1.29 is 26.3 Å². The lowest BCUT2D eigenvalue weighted by Crippen LogP contribution is -2.17. The first-order chi connectivity index (χ1) is 14.1. The summed E-state index contributed by atoms with van der Waals surface area (Å²) in [5.74, 6) is 0. The first-order valence-corrected chi connectivity index (χ1v) is 8.18. The topological polar surface area (TPSA) is 53.9 Å². The highest BCUT2D eigenvalue weighted by atomic mass is 19.4. The van der Waals surface area contributed by atoms with Gasteiger partial charge in [0.05, 0.1) is 46.2 Å². The second-order valence-corrected chi connectivity index (χ2v) is 6.30. The molecule has 3 aromatic rings. The van der Waals surface area contributed by atoms with Gasteiger partial charge >= 0.3 is 12.4 Å². The fourth-order valence-corrected chi connectivity index (χ4v) is 3.35. The van der Waals surface area contributed by atoms with Gasteiger partial charge in [-0.2, -0.15) is 26.3 Å². The lowest BCUT2D eigenvalue weighted by atomic mass is 10.0. The van der Waals surface area contributed by atoms with Gasteiger partial charge in [-0.05, 0) is 17.7 Å². The summed E-state index contributed by atoms with van der Waals surface area (Å²) in [4.78, 5) is 11.3. The number of allylic oxidation sites excluding steroid dienone is 1. The number of benzene rings is 2. The maximum Gasteiger partial charge on any atom is 0.417 e. The molecular weight excluding hydrogens is 410 g/mol. The third kappa shape index (κ3) is 2.85. The monoisotopic (exact) mass is 416 g/mol. The molecule has 10 heteroatoms. The molecule has 0 N–H and O–H groups in total. The first-order valence-electron chi connectivity index (χ1n) is 8.18. The zero-order valence-corrected chi connectivity index (χ0v) is 14.5. The van der Waals surface area contributed by atoms with E-state index >= 15 is 0 Å². The molecule has 4 rings (SSSR count). The van der Waals surface area contributed by atoms with E-state index in [9.17, 15) is 31.6 Å². The van der Waals surface area contributed by atoms with Gasteiger partial charge in [0.1, 0.15) is 0 Å². The van der Waals surface area contributed by atoms with Gasteiger partial charge in [-0.15, -0.1) is 0 Å². The molecule has 0 fully saturated rings. The molecule has 0 radical (unpaired) electrons. The van der Waals surface area contributed by atoms with E-state index < -0.39 is 29.0 Å². The molecule has 0 atom stereocenters. The minimum Gasteiger partial charge on any atom is -0.245 e. The number of nitriles is 1. The number of aromatic nitrogens is 2. The van der Waals surface area contributed by atoms with Crippen LogP contribution in [0, 0.1) is 17.9 Å². The normalized spacial score (nSPS) is 14.7. The van der Waals surface area contributed by atoms with Gasteiger partial charge in [-0.1, -0.05) is 24.3 Å². The second kappa shape index (κ2) is 6.29. The molecule has 4 nitrogen and oxygen atoms in total. The summed E-state index contributed by atoms with van der Waals surface area (Å²) in [6.07, 6.45) is -10.5. The van der Waals surface area contributed by atoms with E-state index in [-0.39, 0.29) is 34.2 Å². The van der Waals surface area contributed by atoms with Crippen LogP contribution in [0.1, 0.15) is 22.4 Å². The van der Waals surface area contributed by atoms with Crippen LogP contribution in [0.4, 0.5) is 26.3 Å². The fourth-order valence-electron chi connectivity index (χ4n) is 3.35. The number of rotatable bonds is 0. The van der Waals surface area contributed by atoms with Gasteiger partial charge in [0.25, 0.3) is 5.70 Å². The predicted octanol–water partition coefficient (Wildman–Crippen LogP) is 5.85. The maximum atomic E-state index is 13.3. The van der Waals surface area contributed by atoms with E-state index in [0.717, 1.165) is 0 Å². The van der Waals surface area contributed by atoms with Crippen LogP contribution in [0.5, 0.6) is 0 Å². The summed E-state index contributed by atoms with van der Waals surface area (Å²) >= 11 is 0. The molecule has 1 aromatic heterocycles. The van der Waals surface area contributed by atoms with Crippen LogP contribution in [0.3, 0.4) is 0 Å². The van der Waals surface area contributed by atoms with Crippen molar-refractivity contribution in [3.05, 3.63) is 75.9 Å². The van der Waals surface area contributed by atoms with Crippen LogP contribution in [0.15, 0.2) is 42.1 Å². The SMILES string of the molecule is [C-]#[N+]/C(C#N)=C1\c2ccccc2-c2nc3cc(C(F)(F)F)c(C(F)(F)F)cc3nc21. The summed E-state index contributed by atoms with van der Waals surface area (Å²) < 4.78 is 79.6. The lowest BCUT2D eigenvalue weighted by molar-refractivity contribution is -0.161. The van der Waals surface area contributed by atoms with Crippen molar-refractivity contribution in [2.24, 2.45) is 0 Å². The van der Waals surface area contributed by atoms with Gasteiger partial charge in [0.15, 0.2) is 0 Å². The van der Waals surface area contributed by atoms with Crippen molar-refractivity contribution in [2.45, 2.75) is 12.4 Å². The van der Waals surface area contributed by atoms with Crippen LogP contribution in [0.25, 0.3) is 32.7 Å². The zero-order valence-electron chi connectivity index (χ0n) is 14.5. The van der Waals surface area contributed by atoms with Crippen molar-refractivity contribution in [1.29, 1.82) is 5.26 Å². The Bertz CT molecular complexity index is 1320. The Labute approximate surface area is 164 Å². The molecule has 0 aliphatic heterocycles. The number of nitrogens with zero attached hydrogens (tertiary/aromatic N) is 4. The van der Waals surface area contributed by atoms with Gasteiger partial charge < -0.3 is 0 Å². The minimum atomic E-state index is -5.27. The van der Waals surface area contributed by atoms with Crippen molar-refractivity contribution in [3.63, 3.8) is 0 Å². The first kappa shape index (κ1) is 19.4. The average Bonchev–Trinajstić information content (AvgIpc) is 2.99. The highest BCUT2D eigenvalue weighted by molar-refractivity contribution is 6.02. The number of alkyl halides is 6. The molecule has 0 bridgehead atoms. The van der Waals surface area contributed by atoms with E-state index in [1.807, 2.05) is 0 Å². The van der Waals surface area contributed by atoms with Crippen molar-refractivity contribution in [1.82, 2.24) is 9.97 Å². The summed E-state index contributed by atoms with van der Waals surface area (Å²) in [5, 5.41) is 9.28. The van der Waals surface area contributed by atoms with Gasteiger partial charge in [-0.3, -0.25) is 0 Å². The van der Waals surface area contributed by atoms with E-state index in [0.29, 0.717) is 17.2 Å². The fraction of sp³-hybridized carbons (Fsp3) is 0.100. The Morgan fingerprint density at radius 2 is 1.37 bits per heavy atom. The van der Waals surface area contributed by atoms with Crippen molar-refractivity contribution in [3.8, 4) is 17.3 Å². The second-order valence-electron chi connectivity index (χ2n) is 6.30. The third-order valence-corrected chi connectivity index (χ3v) is 4.56. The smallest absolute Gasteiger partial charge is 0.245 e.